The molecule has 1 saturated heterocycles. The molecule has 5 nitrogen and oxygen atoms in total. The molecule has 0 saturated carbocycles. The van der Waals surface area contributed by atoms with Crippen molar-refractivity contribution in [3.63, 3.8) is 0 Å². The lowest BCUT2D eigenvalue weighted by Gasteiger charge is -2.19. The van der Waals surface area contributed by atoms with Crippen molar-refractivity contribution in [3.8, 4) is 5.75 Å². The molecular formula is C21H23N3O2S. The normalized spacial score (nSPS) is 19.7. The second kappa shape index (κ2) is 7.96. The Morgan fingerprint density at radius 3 is 2.93 bits per heavy atom. The largest absolute Gasteiger partial charge is 0.496 e. The Morgan fingerprint density at radius 2 is 2.11 bits per heavy atom. The molecule has 6 heteroatoms. The minimum absolute atomic E-state index is 0.0858. The molecular weight excluding hydrogens is 358 g/mol. The maximum Gasteiger partial charge on any atom is 0.294 e. The van der Waals surface area contributed by atoms with Crippen molar-refractivity contribution < 1.29 is 9.47 Å². The van der Waals surface area contributed by atoms with Crippen molar-refractivity contribution in [1.82, 2.24) is 10.2 Å². The van der Waals surface area contributed by atoms with Crippen LogP contribution in [0.25, 0.3) is 0 Å². The Labute approximate surface area is 165 Å². The number of rotatable bonds is 4. The summed E-state index contributed by atoms with van der Waals surface area (Å²) in [6.07, 6.45) is 1.93. The monoisotopic (exact) mass is 381 g/mol. The maximum atomic E-state index is 5.79. The van der Waals surface area contributed by atoms with E-state index in [4.69, 9.17) is 26.7 Å². The summed E-state index contributed by atoms with van der Waals surface area (Å²) in [4.78, 5) is 6.84. The summed E-state index contributed by atoms with van der Waals surface area (Å²) in [7, 11) is 1.72. The van der Waals surface area contributed by atoms with Crippen LogP contribution in [0.3, 0.4) is 0 Å². The SMILES string of the molecule is COc1cccc2c1CCC2N=C1OCCN1C(=S)NCc1ccccc1. The molecule has 1 N–H and O–H groups in total. The summed E-state index contributed by atoms with van der Waals surface area (Å²) < 4.78 is 11.3. The number of nitrogens with one attached hydrogen (secondary N) is 1. The van der Waals surface area contributed by atoms with Gasteiger partial charge in [-0.1, -0.05) is 42.5 Å². The van der Waals surface area contributed by atoms with E-state index in [2.05, 4.69) is 23.5 Å². The first-order valence-corrected chi connectivity index (χ1v) is 9.63. The fourth-order valence-electron chi connectivity index (χ4n) is 3.62. The number of thiocarbonyl (C=S) groups is 1. The van der Waals surface area contributed by atoms with Gasteiger partial charge in [-0.05, 0) is 47.8 Å². The van der Waals surface area contributed by atoms with Crippen LogP contribution < -0.4 is 10.1 Å². The molecule has 4 rings (SSSR count). The van der Waals surface area contributed by atoms with E-state index in [1.54, 1.807) is 7.11 Å². The third-order valence-electron chi connectivity index (χ3n) is 4.99. The van der Waals surface area contributed by atoms with E-state index in [1.165, 1.54) is 16.7 Å². The standard InChI is InChI=1S/C21H23N3O2S/c1-25-19-9-5-8-16-17(19)10-11-18(16)23-20-24(12-13-26-20)21(27)22-14-15-6-3-2-4-7-15/h2-9,18H,10-14H2,1H3,(H,22,27). The molecule has 0 spiro atoms. The van der Waals surface area contributed by atoms with Gasteiger partial charge in [-0.15, -0.1) is 0 Å². The predicted molar refractivity (Wildman–Crippen MR) is 110 cm³/mol. The lowest BCUT2D eigenvalue weighted by molar-refractivity contribution is 0.348. The fraction of sp³-hybridized carbons (Fsp3) is 0.333. The van der Waals surface area contributed by atoms with Gasteiger partial charge in [0.15, 0.2) is 5.11 Å². The molecule has 2 aromatic carbocycles. The molecule has 1 unspecified atom stereocenters. The summed E-state index contributed by atoms with van der Waals surface area (Å²) in [5, 5.41) is 3.96. The molecule has 1 aliphatic carbocycles. The van der Waals surface area contributed by atoms with E-state index in [1.807, 2.05) is 35.2 Å². The van der Waals surface area contributed by atoms with Gasteiger partial charge in [-0.2, -0.15) is 0 Å². The Kier molecular flexibility index (Phi) is 5.25. The van der Waals surface area contributed by atoms with Gasteiger partial charge in [0.2, 0.25) is 0 Å². The van der Waals surface area contributed by atoms with Crippen molar-refractivity contribution >= 4 is 23.4 Å². The second-order valence-corrected chi connectivity index (χ2v) is 7.03. The average Bonchev–Trinajstić information content (AvgIpc) is 3.34. The minimum atomic E-state index is 0.0858. The van der Waals surface area contributed by atoms with Gasteiger partial charge in [0.1, 0.15) is 12.4 Å². The highest BCUT2D eigenvalue weighted by molar-refractivity contribution is 7.80. The summed E-state index contributed by atoms with van der Waals surface area (Å²) in [6.45, 7) is 2.01. The molecule has 2 aliphatic rings. The van der Waals surface area contributed by atoms with Gasteiger partial charge < -0.3 is 14.8 Å². The highest BCUT2D eigenvalue weighted by Gasteiger charge is 2.29. The van der Waals surface area contributed by atoms with Gasteiger partial charge in [0.25, 0.3) is 6.02 Å². The maximum absolute atomic E-state index is 5.79. The van der Waals surface area contributed by atoms with Crippen LogP contribution in [0, 0.1) is 0 Å². The Balaban J connectivity index is 1.47. The number of ether oxygens (including phenoxy) is 2. The van der Waals surface area contributed by atoms with Crippen LogP contribution in [0.15, 0.2) is 53.5 Å². The quantitative estimate of drug-likeness (QED) is 0.822. The van der Waals surface area contributed by atoms with Crippen LogP contribution >= 0.6 is 12.2 Å². The van der Waals surface area contributed by atoms with Crippen LogP contribution in [0.4, 0.5) is 0 Å². The van der Waals surface area contributed by atoms with Gasteiger partial charge >= 0.3 is 0 Å². The van der Waals surface area contributed by atoms with Crippen LogP contribution in [-0.4, -0.2) is 36.3 Å². The molecule has 0 amide bonds. The first-order chi connectivity index (χ1) is 13.3. The van der Waals surface area contributed by atoms with Crippen molar-refractivity contribution in [3.05, 3.63) is 65.2 Å². The highest BCUT2D eigenvalue weighted by atomic mass is 32.1. The zero-order valence-corrected chi connectivity index (χ0v) is 16.2. The number of hydrogen-bond donors (Lipinski definition) is 1. The number of amidine groups is 1. The fourth-order valence-corrected chi connectivity index (χ4v) is 3.87. The number of methoxy groups -OCH3 is 1. The van der Waals surface area contributed by atoms with Gasteiger partial charge in [0, 0.05) is 6.54 Å². The molecule has 140 valence electrons. The first-order valence-electron chi connectivity index (χ1n) is 9.22. The summed E-state index contributed by atoms with van der Waals surface area (Å²) in [5.41, 5.74) is 3.67. The van der Waals surface area contributed by atoms with Crippen molar-refractivity contribution in [2.45, 2.75) is 25.4 Å². The Hall–Kier alpha value is -2.60. The number of fused-ring (bicyclic) bond motifs is 1. The first kappa shape index (κ1) is 17.8. The zero-order valence-electron chi connectivity index (χ0n) is 15.4. The molecule has 1 fully saturated rings. The third-order valence-corrected chi connectivity index (χ3v) is 5.36. The molecule has 1 heterocycles. The Bertz CT molecular complexity index is 854. The molecule has 0 bridgehead atoms. The van der Waals surface area contributed by atoms with Gasteiger partial charge in [-0.3, -0.25) is 4.90 Å². The molecule has 1 aliphatic heterocycles. The lowest BCUT2D eigenvalue weighted by atomic mass is 10.1. The summed E-state index contributed by atoms with van der Waals surface area (Å²) in [5.74, 6) is 0.944. The summed E-state index contributed by atoms with van der Waals surface area (Å²) >= 11 is 5.58. The van der Waals surface area contributed by atoms with Crippen LogP contribution in [0.5, 0.6) is 5.75 Å². The number of aliphatic imine (C=N–C) groups is 1. The van der Waals surface area contributed by atoms with E-state index in [-0.39, 0.29) is 6.04 Å². The average molecular weight is 382 g/mol. The lowest BCUT2D eigenvalue weighted by Crippen LogP contribution is -2.40. The molecule has 0 radical (unpaired) electrons. The zero-order chi connectivity index (χ0) is 18.6. The molecule has 0 aromatic heterocycles. The smallest absolute Gasteiger partial charge is 0.294 e. The van der Waals surface area contributed by atoms with E-state index in [0.717, 1.165) is 25.1 Å². The highest BCUT2D eigenvalue weighted by Crippen LogP contribution is 2.39. The van der Waals surface area contributed by atoms with Crippen LogP contribution in [0.2, 0.25) is 0 Å². The topological polar surface area (TPSA) is 46.1 Å². The van der Waals surface area contributed by atoms with E-state index in [0.29, 0.717) is 24.3 Å². The Morgan fingerprint density at radius 1 is 1.26 bits per heavy atom. The third kappa shape index (κ3) is 3.76. The minimum Gasteiger partial charge on any atom is -0.496 e. The summed E-state index contributed by atoms with van der Waals surface area (Å²) in [6, 6.07) is 17.1. The molecule has 1 atom stereocenters. The number of benzene rings is 2. The van der Waals surface area contributed by atoms with E-state index < -0.39 is 0 Å². The van der Waals surface area contributed by atoms with Crippen molar-refractivity contribution in [2.24, 2.45) is 4.99 Å². The second-order valence-electron chi connectivity index (χ2n) is 6.64. The van der Waals surface area contributed by atoms with Gasteiger partial charge in [0.05, 0.1) is 19.7 Å². The van der Waals surface area contributed by atoms with Crippen molar-refractivity contribution in [1.29, 1.82) is 0 Å². The molecule has 27 heavy (non-hydrogen) atoms. The van der Waals surface area contributed by atoms with Crippen LogP contribution in [-0.2, 0) is 17.7 Å². The number of hydrogen-bond acceptors (Lipinski definition) is 4. The number of nitrogens with zero attached hydrogens (tertiary/aromatic N) is 2. The van der Waals surface area contributed by atoms with Gasteiger partial charge in [-0.25, -0.2) is 4.99 Å². The molecule has 2 aromatic rings. The van der Waals surface area contributed by atoms with E-state index >= 15 is 0 Å². The van der Waals surface area contributed by atoms with E-state index in [9.17, 15) is 0 Å². The van der Waals surface area contributed by atoms with Crippen LogP contribution in [0.1, 0.15) is 29.2 Å². The van der Waals surface area contributed by atoms with Crippen molar-refractivity contribution in [2.75, 3.05) is 20.3 Å². The predicted octanol–water partition coefficient (Wildman–Crippen LogP) is 3.45.